The van der Waals surface area contributed by atoms with Gasteiger partial charge < -0.3 is 0 Å². The number of hydrogen-bond acceptors (Lipinski definition) is 0. The van der Waals surface area contributed by atoms with Crippen LogP contribution < -0.4 is 0 Å². The number of fused-ring (bicyclic) bond motifs is 4. The minimum atomic E-state index is 0. The minimum absolute atomic E-state index is 0. The molecule has 0 aromatic carbocycles. The Labute approximate surface area is 674 Å². The number of rotatable bonds is 4. The van der Waals surface area contributed by atoms with Crippen molar-refractivity contribution in [2.24, 2.45) is 133 Å². The van der Waals surface area contributed by atoms with E-state index in [-0.39, 0.29) is 81.7 Å². The fourth-order valence-electron chi connectivity index (χ4n) is 18.7. The summed E-state index contributed by atoms with van der Waals surface area (Å²) in [6, 6.07) is 0. The summed E-state index contributed by atoms with van der Waals surface area (Å²) in [6.07, 6.45) is 61.2. The van der Waals surface area contributed by atoms with E-state index in [1.165, 1.54) is 212 Å². The summed E-state index contributed by atoms with van der Waals surface area (Å²) < 4.78 is 0. The molecule has 7 atom stereocenters. The second kappa shape index (κ2) is 65.4. The van der Waals surface area contributed by atoms with Crippen LogP contribution in [0.1, 0.15) is 546 Å². The maximum absolute atomic E-state index is 2.44. The Morgan fingerprint density at radius 1 is 0.317 bits per heavy atom. The van der Waals surface area contributed by atoms with Crippen LogP contribution in [0.25, 0.3) is 0 Å². The van der Waals surface area contributed by atoms with Crippen molar-refractivity contribution >= 4 is 0 Å². The lowest BCUT2D eigenvalue weighted by Crippen LogP contribution is -2.41. The summed E-state index contributed by atoms with van der Waals surface area (Å²) in [6.45, 7) is 67.9. The van der Waals surface area contributed by atoms with E-state index in [0.29, 0.717) is 32.5 Å². The Hall–Kier alpha value is 0. The molecular weight excluding hydrogens is 1250 g/mol. The van der Waals surface area contributed by atoms with Gasteiger partial charge in [0.2, 0.25) is 0 Å². The van der Waals surface area contributed by atoms with E-state index in [9.17, 15) is 0 Å². The summed E-state index contributed by atoms with van der Waals surface area (Å²) in [4.78, 5) is 0. The van der Waals surface area contributed by atoms with Crippen LogP contribution in [0.5, 0.6) is 0 Å². The van der Waals surface area contributed by atoms with E-state index in [1.807, 2.05) is 0 Å². The first-order valence-corrected chi connectivity index (χ1v) is 43.1. The summed E-state index contributed by atoms with van der Waals surface area (Å²) in [5.74, 6) is 17.8. The highest BCUT2D eigenvalue weighted by atomic mass is 14.5. The van der Waals surface area contributed by atoms with E-state index in [4.69, 9.17) is 0 Å². The van der Waals surface area contributed by atoms with Crippen molar-refractivity contribution in [1.29, 1.82) is 0 Å². The maximum atomic E-state index is 2.44. The fourth-order valence-corrected chi connectivity index (χ4v) is 18.7. The highest BCUT2D eigenvalue weighted by molar-refractivity contribution is 4.92. The lowest BCUT2D eigenvalue weighted by Gasteiger charge is -2.49. The zero-order chi connectivity index (χ0) is 70.8. The quantitative estimate of drug-likeness (QED) is 0.263. The first-order chi connectivity index (χ1) is 43.1. The fraction of sp³-hybridized carbons (Fsp3) is 1.00. The molecule has 11 aliphatic carbocycles. The molecular formula is C104H230. The van der Waals surface area contributed by atoms with Gasteiger partial charge in [-0.1, -0.05) is 482 Å². The molecule has 0 heterocycles. The van der Waals surface area contributed by atoms with Crippen LogP contribution in [0.3, 0.4) is 0 Å². The summed E-state index contributed by atoms with van der Waals surface area (Å²) in [5.41, 5.74) is 2.70. The van der Waals surface area contributed by atoms with Crippen molar-refractivity contribution in [3.05, 3.63) is 0 Å². The van der Waals surface area contributed by atoms with Gasteiger partial charge >= 0.3 is 0 Å². The van der Waals surface area contributed by atoms with Crippen LogP contribution in [0.2, 0.25) is 0 Å². The Balaban J connectivity index is -0.000000101. The lowest BCUT2D eigenvalue weighted by atomic mass is 9.56. The van der Waals surface area contributed by atoms with Gasteiger partial charge in [-0.25, -0.2) is 0 Å². The average Bonchev–Trinajstić information content (AvgIpc) is 1.20. The standard InChI is InChI=1S/C11H24.C10H22.2C8H14.7C8H16.11CH4/c1-9(2,3)11(7,8)10(4,5)6;1-8(9(2,3)4)10(5,6)7;1-6-4-7-2-3-8(6)5-7;1-6-7-2-3-8(6)5-4-7;1-7-3-5-8(2)6-4-7;1-7-4-3-5-8(2)6-7;1-8(2)6-4-3-5-7-8;1-7-5-3-4-6-8(7)2;1-7(2)8-5-3-4-6-8;1-2-8-6-4-3-5-7-8;1-2-5-8-6-3-4-7-8;;;;;;;;;;;/h1-8H3;8H,1-7H3;2*6-8H,2-5H2,1H3;2*7-8H,3-6H2,1-2H3;3-7H2,1-2H3;2*7-8H,3-6H2,1-2H3;2*8H,2-7H2,1H3;11*1H4/t;;6-,7?,8?;;;7-,8?;;7-,8?;;;;;;;;;;;;;;/m..0..1.1............../s1. The minimum Gasteiger partial charge on any atom is -0.0776 e. The van der Waals surface area contributed by atoms with Crippen molar-refractivity contribution in [3.63, 3.8) is 0 Å². The van der Waals surface area contributed by atoms with Crippen LogP contribution in [-0.2, 0) is 0 Å². The van der Waals surface area contributed by atoms with Crippen molar-refractivity contribution in [2.75, 3.05) is 0 Å². The molecule has 0 nitrogen and oxygen atoms in total. The molecule has 0 amide bonds. The van der Waals surface area contributed by atoms with Gasteiger partial charge in [-0.15, -0.1) is 0 Å². The topological polar surface area (TPSA) is 0 Å². The second-order valence-corrected chi connectivity index (χ2v) is 41.6. The van der Waals surface area contributed by atoms with Gasteiger partial charge in [0, 0.05) is 0 Å². The molecule has 0 heteroatoms. The summed E-state index contributed by atoms with van der Waals surface area (Å²) in [5, 5.41) is 0. The SMILES string of the molecule is C.C.C.C.C.C.C.C.C.C.C.CC(C(C)(C)C)C(C)(C)C.CC(C)(C)C(C)(C)C(C)(C)C.CC(C)C1CCCC1.CC1(C)CCCCC1.CC1C2CCC1CC2.CC1CCC(C)CC1.CC1CCCC[C@H]1C.CC1CCC[C@@H](C)C1.CCC1CCCCC1.CCCC1CCCC1.C[C@H]1CC2CCC1C2. The molecule has 0 saturated heterocycles. The van der Waals surface area contributed by atoms with Crippen LogP contribution in [0.15, 0.2) is 0 Å². The van der Waals surface area contributed by atoms with Gasteiger partial charge in [0.25, 0.3) is 0 Å². The molecule has 0 aromatic heterocycles. The normalized spacial score (nSPS) is 27.7. The Morgan fingerprint density at radius 2 is 0.654 bits per heavy atom. The summed E-state index contributed by atoms with van der Waals surface area (Å²) >= 11 is 0. The van der Waals surface area contributed by atoms with Crippen molar-refractivity contribution < 1.29 is 0 Å². The van der Waals surface area contributed by atoms with Gasteiger partial charge in [0.15, 0.2) is 0 Å². The molecule has 0 radical (unpaired) electrons. The maximum Gasteiger partial charge on any atom is -0.0257 e. The monoisotopic (exact) mass is 1480 g/mol. The third kappa shape index (κ3) is 55.4. The molecule has 0 spiro atoms. The van der Waals surface area contributed by atoms with E-state index in [0.717, 1.165) is 101 Å². The van der Waals surface area contributed by atoms with Gasteiger partial charge in [0.1, 0.15) is 0 Å². The Bertz CT molecular complexity index is 1620. The first kappa shape index (κ1) is 128. The van der Waals surface area contributed by atoms with Crippen LogP contribution >= 0.6 is 0 Å². The molecule has 11 saturated carbocycles. The Kier molecular flexibility index (Phi) is 80.2. The van der Waals surface area contributed by atoms with E-state index >= 15 is 0 Å². The average molecular weight is 1480 g/mol. The smallest absolute Gasteiger partial charge is 0.0257 e. The van der Waals surface area contributed by atoms with Gasteiger partial charge in [-0.05, 0) is 197 Å². The van der Waals surface area contributed by atoms with Crippen molar-refractivity contribution in [1.82, 2.24) is 0 Å². The van der Waals surface area contributed by atoms with E-state index in [2.05, 4.69) is 201 Å². The predicted molar refractivity (Wildman–Crippen MR) is 502 cm³/mol. The van der Waals surface area contributed by atoms with Crippen molar-refractivity contribution in [3.8, 4) is 0 Å². The van der Waals surface area contributed by atoms with Crippen LogP contribution in [0.4, 0.5) is 0 Å². The molecule has 104 heavy (non-hydrogen) atoms. The molecule has 4 bridgehead atoms. The number of hydrogen-bond donors (Lipinski definition) is 0. The highest BCUT2D eigenvalue weighted by Crippen LogP contribution is 2.51. The predicted octanol–water partition coefficient (Wildman–Crippen LogP) is 40.0. The van der Waals surface area contributed by atoms with Gasteiger partial charge in [0.05, 0.1) is 0 Å². The van der Waals surface area contributed by atoms with Gasteiger partial charge in [-0.2, -0.15) is 0 Å². The molecule has 0 N–H and O–H groups in total. The van der Waals surface area contributed by atoms with Crippen LogP contribution in [-0.4, -0.2) is 0 Å². The molecule has 4 unspecified atom stereocenters. The van der Waals surface area contributed by atoms with Crippen molar-refractivity contribution in [2.45, 2.75) is 546 Å². The summed E-state index contributed by atoms with van der Waals surface area (Å²) in [7, 11) is 0. The molecule has 11 rings (SSSR count). The molecule has 646 valence electrons. The highest BCUT2D eigenvalue weighted by Gasteiger charge is 2.42. The zero-order valence-corrected chi connectivity index (χ0v) is 70.8. The van der Waals surface area contributed by atoms with E-state index in [1.54, 1.807) is 51.4 Å². The molecule has 0 aromatic rings. The zero-order valence-electron chi connectivity index (χ0n) is 70.8. The van der Waals surface area contributed by atoms with Gasteiger partial charge in [-0.3, -0.25) is 0 Å². The largest absolute Gasteiger partial charge is 0.0776 e. The third-order valence-corrected chi connectivity index (χ3v) is 28.8. The molecule has 11 fully saturated rings. The third-order valence-electron chi connectivity index (χ3n) is 28.8. The lowest BCUT2D eigenvalue weighted by molar-refractivity contribution is 0.00575. The first-order valence-electron chi connectivity index (χ1n) is 43.1. The molecule has 0 aliphatic heterocycles. The Morgan fingerprint density at radius 3 is 0.846 bits per heavy atom. The van der Waals surface area contributed by atoms with Crippen LogP contribution in [0, 0.1) is 133 Å². The second-order valence-electron chi connectivity index (χ2n) is 41.6. The molecule has 11 aliphatic rings. The van der Waals surface area contributed by atoms with E-state index < -0.39 is 0 Å².